The molecule has 0 atom stereocenters. The number of carbonyl (C=O) groups is 1. The van der Waals surface area contributed by atoms with Crippen molar-refractivity contribution < 1.29 is 4.79 Å². The van der Waals surface area contributed by atoms with E-state index in [1.807, 2.05) is 26.1 Å². The fraction of sp³-hybridized carbons (Fsp3) is 0.533. The lowest BCUT2D eigenvalue weighted by atomic mass is 10.2. The molecule has 0 aliphatic carbocycles. The molecule has 2 N–H and O–H groups in total. The minimum atomic E-state index is -0.106. The fourth-order valence-electron chi connectivity index (χ4n) is 2.22. The Morgan fingerprint density at radius 3 is 2.81 bits per heavy atom. The van der Waals surface area contributed by atoms with Crippen molar-refractivity contribution in [2.75, 3.05) is 51.6 Å². The SMILES string of the molecule is Cc1ccc(NC(=O)N(C)CCN2CCNCC2)cc1Cl. The number of aryl methyl sites for hydroxylation is 1. The summed E-state index contributed by atoms with van der Waals surface area (Å²) in [7, 11) is 1.81. The molecular formula is C15H23ClN4O. The molecule has 2 rings (SSSR count). The molecule has 2 amide bonds. The Bertz CT molecular complexity index is 489. The smallest absolute Gasteiger partial charge is 0.321 e. The minimum absolute atomic E-state index is 0.106. The lowest BCUT2D eigenvalue weighted by Crippen LogP contribution is -2.46. The third kappa shape index (κ3) is 4.88. The van der Waals surface area contributed by atoms with Crippen molar-refractivity contribution >= 4 is 23.3 Å². The number of amides is 2. The third-order valence-electron chi connectivity index (χ3n) is 3.73. The molecule has 1 aliphatic heterocycles. The van der Waals surface area contributed by atoms with Gasteiger partial charge in [-0.3, -0.25) is 4.90 Å². The lowest BCUT2D eigenvalue weighted by Gasteiger charge is -2.29. The van der Waals surface area contributed by atoms with Gasteiger partial charge in [-0.15, -0.1) is 0 Å². The Kier molecular flexibility index (Phi) is 5.85. The van der Waals surface area contributed by atoms with E-state index in [1.54, 1.807) is 11.0 Å². The standard InChI is InChI=1S/C15H23ClN4O/c1-12-3-4-13(11-14(12)16)18-15(21)19(2)9-10-20-7-5-17-6-8-20/h3-4,11,17H,5-10H2,1-2H3,(H,18,21). The number of rotatable bonds is 4. The van der Waals surface area contributed by atoms with Crippen LogP contribution in [0.4, 0.5) is 10.5 Å². The third-order valence-corrected chi connectivity index (χ3v) is 4.14. The fourth-order valence-corrected chi connectivity index (χ4v) is 2.40. The van der Waals surface area contributed by atoms with Gasteiger partial charge in [0, 0.05) is 57.0 Å². The van der Waals surface area contributed by atoms with Crippen LogP contribution >= 0.6 is 11.6 Å². The Labute approximate surface area is 131 Å². The number of benzene rings is 1. The second-order valence-electron chi connectivity index (χ2n) is 5.41. The number of hydrogen-bond acceptors (Lipinski definition) is 3. The Morgan fingerprint density at radius 2 is 2.14 bits per heavy atom. The van der Waals surface area contributed by atoms with Crippen LogP contribution in [0.3, 0.4) is 0 Å². The van der Waals surface area contributed by atoms with Gasteiger partial charge in [-0.2, -0.15) is 0 Å². The van der Waals surface area contributed by atoms with Crippen molar-refractivity contribution in [3.8, 4) is 0 Å². The lowest BCUT2D eigenvalue weighted by molar-refractivity contribution is 0.197. The highest BCUT2D eigenvalue weighted by Gasteiger charge is 2.13. The highest BCUT2D eigenvalue weighted by atomic mass is 35.5. The first-order valence-electron chi connectivity index (χ1n) is 7.27. The summed E-state index contributed by atoms with van der Waals surface area (Å²) in [6.07, 6.45) is 0. The molecule has 0 aromatic heterocycles. The summed E-state index contributed by atoms with van der Waals surface area (Å²) >= 11 is 6.06. The second-order valence-corrected chi connectivity index (χ2v) is 5.81. The van der Waals surface area contributed by atoms with Crippen molar-refractivity contribution in [3.05, 3.63) is 28.8 Å². The quantitative estimate of drug-likeness (QED) is 0.894. The molecule has 0 unspecified atom stereocenters. The maximum absolute atomic E-state index is 12.1. The summed E-state index contributed by atoms with van der Waals surface area (Å²) in [6.45, 7) is 7.70. The van der Waals surface area contributed by atoms with E-state index in [0.29, 0.717) is 11.6 Å². The highest BCUT2D eigenvalue weighted by Crippen LogP contribution is 2.20. The van der Waals surface area contributed by atoms with E-state index < -0.39 is 0 Å². The van der Waals surface area contributed by atoms with Crippen LogP contribution in [-0.4, -0.2) is 62.1 Å². The summed E-state index contributed by atoms with van der Waals surface area (Å²) in [6, 6.07) is 5.44. The first-order chi connectivity index (χ1) is 10.1. The molecule has 0 bridgehead atoms. The number of urea groups is 1. The topological polar surface area (TPSA) is 47.6 Å². The Hall–Kier alpha value is -1.30. The van der Waals surface area contributed by atoms with Gasteiger partial charge in [0.1, 0.15) is 0 Å². The van der Waals surface area contributed by atoms with Gasteiger partial charge in [0.2, 0.25) is 0 Å². The Morgan fingerprint density at radius 1 is 1.43 bits per heavy atom. The molecule has 6 heteroatoms. The van der Waals surface area contributed by atoms with Gasteiger partial charge in [-0.25, -0.2) is 4.79 Å². The van der Waals surface area contributed by atoms with Crippen molar-refractivity contribution in [3.63, 3.8) is 0 Å². The molecule has 1 aromatic carbocycles. The molecule has 116 valence electrons. The predicted octanol–water partition coefficient (Wildman–Crippen LogP) is 2.02. The monoisotopic (exact) mass is 310 g/mol. The van der Waals surface area contributed by atoms with Crippen LogP contribution in [0.25, 0.3) is 0 Å². The zero-order valence-electron chi connectivity index (χ0n) is 12.7. The van der Waals surface area contributed by atoms with E-state index in [4.69, 9.17) is 11.6 Å². The van der Waals surface area contributed by atoms with Crippen LogP contribution in [0.1, 0.15) is 5.56 Å². The molecule has 1 aliphatic rings. The molecular weight excluding hydrogens is 288 g/mol. The summed E-state index contributed by atoms with van der Waals surface area (Å²) in [5.41, 5.74) is 1.73. The summed E-state index contributed by atoms with van der Waals surface area (Å²) in [4.78, 5) is 16.2. The van der Waals surface area contributed by atoms with Gasteiger partial charge in [-0.05, 0) is 24.6 Å². The van der Waals surface area contributed by atoms with E-state index in [1.165, 1.54) is 0 Å². The molecule has 1 fully saturated rings. The highest BCUT2D eigenvalue weighted by molar-refractivity contribution is 6.31. The number of halogens is 1. The van der Waals surface area contributed by atoms with Gasteiger partial charge in [0.05, 0.1) is 0 Å². The van der Waals surface area contributed by atoms with Gasteiger partial charge < -0.3 is 15.5 Å². The number of anilines is 1. The molecule has 1 aromatic rings. The van der Waals surface area contributed by atoms with E-state index in [0.717, 1.165) is 44.0 Å². The maximum Gasteiger partial charge on any atom is 0.321 e. The molecule has 0 radical (unpaired) electrons. The molecule has 21 heavy (non-hydrogen) atoms. The van der Waals surface area contributed by atoms with E-state index >= 15 is 0 Å². The average Bonchev–Trinajstić information content (AvgIpc) is 2.49. The van der Waals surface area contributed by atoms with Crippen LogP contribution in [-0.2, 0) is 0 Å². The Balaban J connectivity index is 1.80. The molecule has 0 spiro atoms. The van der Waals surface area contributed by atoms with E-state index in [2.05, 4.69) is 15.5 Å². The number of piperazine rings is 1. The van der Waals surface area contributed by atoms with Crippen LogP contribution < -0.4 is 10.6 Å². The second kappa shape index (κ2) is 7.64. The van der Waals surface area contributed by atoms with Gasteiger partial charge in [0.15, 0.2) is 0 Å². The largest absolute Gasteiger partial charge is 0.326 e. The van der Waals surface area contributed by atoms with Crippen molar-refractivity contribution in [1.29, 1.82) is 0 Å². The molecule has 1 heterocycles. The van der Waals surface area contributed by atoms with E-state index in [9.17, 15) is 4.79 Å². The summed E-state index contributed by atoms with van der Waals surface area (Å²) in [5.74, 6) is 0. The molecule has 0 saturated carbocycles. The van der Waals surface area contributed by atoms with Crippen molar-refractivity contribution in [1.82, 2.24) is 15.1 Å². The first-order valence-corrected chi connectivity index (χ1v) is 7.65. The maximum atomic E-state index is 12.1. The zero-order chi connectivity index (χ0) is 15.2. The number of nitrogens with one attached hydrogen (secondary N) is 2. The number of hydrogen-bond donors (Lipinski definition) is 2. The molecule has 1 saturated heterocycles. The van der Waals surface area contributed by atoms with Gasteiger partial charge >= 0.3 is 6.03 Å². The number of nitrogens with zero attached hydrogens (tertiary/aromatic N) is 2. The zero-order valence-corrected chi connectivity index (χ0v) is 13.4. The predicted molar refractivity (Wildman–Crippen MR) is 87.1 cm³/mol. The normalized spacial score (nSPS) is 15.8. The van der Waals surface area contributed by atoms with Crippen LogP contribution in [0, 0.1) is 6.92 Å². The number of carbonyl (C=O) groups excluding carboxylic acids is 1. The van der Waals surface area contributed by atoms with Crippen molar-refractivity contribution in [2.24, 2.45) is 0 Å². The summed E-state index contributed by atoms with van der Waals surface area (Å²) < 4.78 is 0. The van der Waals surface area contributed by atoms with Crippen LogP contribution in [0.2, 0.25) is 5.02 Å². The minimum Gasteiger partial charge on any atom is -0.326 e. The van der Waals surface area contributed by atoms with Gasteiger partial charge in [-0.1, -0.05) is 17.7 Å². The van der Waals surface area contributed by atoms with E-state index in [-0.39, 0.29) is 6.03 Å². The molecule has 5 nitrogen and oxygen atoms in total. The van der Waals surface area contributed by atoms with Gasteiger partial charge in [0.25, 0.3) is 0 Å². The van der Waals surface area contributed by atoms with Crippen molar-refractivity contribution in [2.45, 2.75) is 6.92 Å². The summed E-state index contributed by atoms with van der Waals surface area (Å²) in [5, 5.41) is 6.85. The van der Waals surface area contributed by atoms with Crippen LogP contribution in [0.5, 0.6) is 0 Å². The van der Waals surface area contributed by atoms with Crippen LogP contribution in [0.15, 0.2) is 18.2 Å². The average molecular weight is 311 g/mol. The number of likely N-dealkylation sites (N-methyl/N-ethyl adjacent to an activating group) is 1. The first kappa shape index (κ1) is 16.1.